The first-order valence-electron chi connectivity index (χ1n) is 8.34. The van der Waals surface area contributed by atoms with Crippen LogP contribution in [0.25, 0.3) is 0 Å². The third-order valence-electron chi connectivity index (χ3n) is 5.07. The molecule has 0 unspecified atom stereocenters. The van der Waals surface area contributed by atoms with Crippen molar-refractivity contribution in [3.8, 4) is 0 Å². The van der Waals surface area contributed by atoms with E-state index in [2.05, 4.69) is 43.3 Å². The molecule has 5 heteroatoms. The summed E-state index contributed by atoms with van der Waals surface area (Å²) >= 11 is 12.1. The molecular weight excluding hydrogens is 355 g/mol. The Hall–Kier alpha value is -1.55. The predicted octanol–water partition coefficient (Wildman–Crippen LogP) is 4.16. The van der Waals surface area contributed by atoms with E-state index in [1.165, 1.54) is 11.1 Å². The minimum absolute atomic E-state index is 0.0326. The van der Waals surface area contributed by atoms with Crippen LogP contribution in [0.1, 0.15) is 21.5 Å². The summed E-state index contributed by atoms with van der Waals surface area (Å²) < 4.78 is 0. The van der Waals surface area contributed by atoms with Crippen molar-refractivity contribution in [3.63, 3.8) is 0 Å². The Labute approximate surface area is 159 Å². The first-order valence-corrected chi connectivity index (χ1v) is 9.09. The van der Waals surface area contributed by atoms with Crippen molar-refractivity contribution >= 4 is 29.1 Å². The molecule has 0 fully saturated rings. The summed E-state index contributed by atoms with van der Waals surface area (Å²) in [6.45, 7) is 0. The normalized spacial score (nSPS) is 19.6. The second kappa shape index (κ2) is 7.36. The standard InChI is InChI=1S/C20H22Cl2N2O/c1-23(2)18-11-13-6-4-5-7-14(13)12-19(18)24(3)20(25)15-8-9-16(21)17(22)10-15/h4-10,18-19H,11-12H2,1-3H3/t18-,19-/m0/s1. The van der Waals surface area contributed by atoms with Crippen LogP contribution in [0.15, 0.2) is 42.5 Å². The van der Waals surface area contributed by atoms with Crippen molar-refractivity contribution in [1.82, 2.24) is 9.80 Å². The number of carbonyl (C=O) groups excluding carboxylic acids is 1. The maximum Gasteiger partial charge on any atom is 0.253 e. The average Bonchev–Trinajstić information content (AvgIpc) is 2.61. The Kier molecular flexibility index (Phi) is 5.38. The van der Waals surface area contributed by atoms with Gasteiger partial charge in [0.15, 0.2) is 0 Å². The molecule has 25 heavy (non-hydrogen) atoms. The van der Waals surface area contributed by atoms with E-state index in [0.717, 1.165) is 12.8 Å². The third kappa shape index (κ3) is 3.69. The molecule has 0 saturated carbocycles. The first kappa shape index (κ1) is 18.2. The van der Waals surface area contributed by atoms with Crippen LogP contribution >= 0.6 is 23.2 Å². The Bertz CT molecular complexity index is 791. The molecule has 3 rings (SSSR count). The number of carbonyl (C=O) groups is 1. The van der Waals surface area contributed by atoms with Gasteiger partial charge in [0, 0.05) is 18.7 Å². The number of halogens is 2. The number of fused-ring (bicyclic) bond motifs is 1. The van der Waals surface area contributed by atoms with Crippen molar-refractivity contribution in [3.05, 3.63) is 69.2 Å². The van der Waals surface area contributed by atoms with Gasteiger partial charge >= 0.3 is 0 Å². The summed E-state index contributed by atoms with van der Waals surface area (Å²) in [7, 11) is 6.02. The molecule has 0 heterocycles. The van der Waals surface area contributed by atoms with E-state index in [1.807, 2.05) is 11.9 Å². The number of rotatable bonds is 3. The molecule has 0 N–H and O–H groups in total. The van der Waals surface area contributed by atoms with Gasteiger partial charge in [-0.2, -0.15) is 0 Å². The molecule has 1 aliphatic rings. The number of amides is 1. The third-order valence-corrected chi connectivity index (χ3v) is 5.81. The van der Waals surface area contributed by atoms with Gasteiger partial charge in [0.1, 0.15) is 0 Å². The zero-order valence-electron chi connectivity index (χ0n) is 14.7. The molecule has 1 amide bonds. The highest BCUT2D eigenvalue weighted by Gasteiger charge is 2.34. The van der Waals surface area contributed by atoms with Crippen LogP contribution in [0.2, 0.25) is 10.0 Å². The fourth-order valence-electron chi connectivity index (χ4n) is 3.58. The van der Waals surface area contributed by atoms with Gasteiger partial charge in [0.25, 0.3) is 5.91 Å². The predicted molar refractivity (Wildman–Crippen MR) is 104 cm³/mol. The van der Waals surface area contributed by atoms with E-state index in [1.54, 1.807) is 18.2 Å². The zero-order valence-corrected chi connectivity index (χ0v) is 16.2. The molecule has 0 aliphatic heterocycles. The highest BCUT2D eigenvalue weighted by atomic mass is 35.5. The van der Waals surface area contributed by atoms with Crippen LogP contribution in [0.3, 0.4) is 0 Å². The molecular formula is C20H22Cl2N2O. The van der Waals surface area contributed by atoms with Crippen LogP contribution in [0, 0.1) is 0 Å². The second-order valence-corrected chi connectivity index (χ2v) is 7.63. The Morgan fingerprint density at radius 1 is 0.920 bits per heavy atom. The Morgan fingerprint density at radius 3 is 2.08 bits per heavy atom. The summed E-state index contributed by atoms with van der Waals surface area (Å²) in [4.78, 5) is 17.0. The molecule has 0 bridgehead atoms. The minimum atomic E-state index is -0.0326. The van der Waals surface area contributed by atoms with E-state index in [0.29, 0.717) is 15.6 Å². The highest BCUT2D eigenvalue weighted by molar-refractivity contribution is 6.42. The molecule has 0 saturated heterocycles. The van der Waals surface area contributed by atoms with Gasteiger partial charge in [-0.05, 0) is 56.3 Å². The fraction of sp³-hybridized carbons (Fsp3) is 0.350. The lowest BCUT2D eigenvalue weighted by Crippen LogP contribution is -2.54. The van der Waals surface area contributed by atoms with Crippen LogP contribution in [0.4, 0.5) is 0 Å². The van der Waals surface area contributed by atoms with E-state index < -0.39 is 0 Å². The largest absolute Gasteiger partial charge is 0.337 e. The van der Waals surface area contributed by atoms with Crippen LogP contribution in [0.5, 0.6) is 0 Å². The average molecular weight is 377 g/mol. The second-order valence-electron chi connectivity index (χ2n) is 6.82. The molecule has 1 aliphatic carbocycles. The highest BCUT2D eigenvalue weighted by Crippen LogP contribution is 2.28. The molecule has 132 valence electrons. The van der Waals surface area contributed by atoms with E-state index in [9.17, 15) is 4.79 Å². The lowest BCUT2D eigenvalue weighted by atomic mass is 9.83. The summed E-state index contributed by atoms with van der Waals surface area (Å²) in [5.74, 6) is -0.0326. The van der Waals surface area contributed by atoms with Crippen molar-refractivity contribution in [1.29, 1.82) is 0 Å². The van der Waals surface area contributed by atoms with Gasteiger partial charge in [0.2, 0.25) is 0 Å². The van der Waals surface area contributed by atoms with E-state index in [4.69, 9.17) is 23.2 Å². The number of hydrogen-bond donors (Lipinski definition) is 0. The maximum atomic E-state index is 13.0. The Balaban J connectivity index is 1.89. The monoisotopic (exact) mass is 376 g/mol. The number of nitrogens with zero attached hydrogens (tertiary/aromatic N) is 2. The quantitative estimate of drug-likeness (QED) is 0.802. The van der Waals surface area contributed by atoms with Crippen LogP contribution < -0.4 is 0 Å². The summed E-state index contributed by atoms with van der Waals surface area (Å²) in [6.07, 6.45) is 1.79. The zero-order chi connectivity index (χ0) is 18.1. The maximum absolute atomic E-state index is 13.0. The molecule has 0 aromatic heterocycles. The smallest absolute Gasteiger partial charge is 0.253 e. The van der Waals surface area contributed by atoms with Gasteiger partial charge in [-0.15, -0.1) is 0 Å². The lowest BCUT2D eigenvalue weighted by Gasteiger charge is -2.42. The molecule has 2 aromatic rings. The van der Waals surface area contributed by atoms with Gasteiger partial charge < -0.3 is 9.80 Å². The first-order chi connectivity index (χ1) is 11.9. The number of benzene rings is 2. The molecule has 0 spiro atoms. The van der Waals surface area contributed by atoms with Gasteiger partial charge in [0.05, 0.1) is 16.1 Å². The van der Waals surface area contributed by atoms with Crippen molar-refractivity contribution in [2.45, 2.75) is 24.9 Å². The SMILES string of the molecule is CN(C)[C@H]1Cc2ccccc2C[C@@H]1N(C)C(=O)c1ccc(Cl)c(Cl)c1. The lowest BCUT2D eigenvalue weighted by molar-refractivity contribution is 0.0612. The van der Waals surface area contributed by atoms with Crippen molar-refractivity contribution in [2.24, 2.45) is 0 Å². The Morgan fingerprint density at radius 2 is 1.52 bits per heavy atom. The summed E-state index contributed by atoms with van der Waals surface area (Å²) in [5.41, 5.74) is 3.25. The topological polar surface area (TPSA) is 23.6 Å². The summed E-state index contributed by atoms with van der Waals surface area (Å²) in [5, 5.41) is 0.859. The number of hydrogen-bond acceptors (Lipinski definition) is 2. The van der Waals surface area contributed by atoms with Gasteiger partial charge in [-0.25, -0.2) is 0 Å². The van der Waals surface area contributed by atoms with Crippen molar-refractivity contribution in [2.75, 3.05) is 21.1 Å². The van der Waals surface area contributed by atoms with E-state index in [-0.39, 0.29) is 18.0 Å². The molecule has 2 aromatic carbocycles. The van der Waals surface area contributed by atoms with Gasteiger partial charge in [-0.3, -0.25) is 4.79 Å². The van der Waals surface area contributed by atoms with Gasteiger partial charge in [-0.1, -0.05) is 47.5 Å². The summed E-state index contributed by atoms with van der Waals surface area (Å²) in [6, 6.07) is 13.9. The molecule has 3 nitrogen and oxygen atoms in total. The molecule has 0 radical (unpaired) electrons. The van der Waals surface area contributed by atoms with Crippen molar-refractivity contribution < 1.29 is 4.79 Å². The molecule has 2 atom stereocenters. The minimum Gasteiger partial charge on any atom is -0.337 e. The number of likely N-dealkylation sites (N-methyl/N-ethyl adjacent to an activating group) is 2. The van der Waals surface area contributed by atoms with Crippen LogP contribution in [-0.2, 0) is 12.8 Å². The van der Waals surface area contributed by atoms with E-state index >= 15 is 0 Å². The fourth-order valence-corrected chi connectivity index (χ4v) is 3.88. The van der Waals surface area contributed by atoms with Crippen LogP contribution in [-0.4, -0.2) is 48.9 Å².